The first kappa shape index (κ1) is 15.2. The van der Waals surface area contributed by atoms with E-state index in [0.717, 1.165) is 25.3 Å². The summed E-state index contributed by atoms with van der Waals surface area (Å²) in [5.41, 5.74) is 3.53. The summed E-state index contributed by atoms with van der Waals surface area (Å²) in [6.45, 7) is 4.80. The monoisotopic (exact) mass is 297 g/mol. The molecule has 1 heterocycles. The third-order valence-electron chi connectivity index (χ3n) is 4.25. The van der Waals surface area contributed by atoms with Gasteiger partial charge in [-0.05, 0) is 23.6 Å². The Labute approximate surface area is 132 Å². The molecule has 1 N–H and O–H groups in total. The molecule has 0 spiro atoms. The molecule has 0 saturated carbocycles. The molecular weight excluding hydrogens is 274 g/mol. The van der Waals surface area contributed by atoms with E-state index in [1.54, 1.807) is 0 Å². The van der Waals surface area contributed by atoms with E-state index >= 15 is 0 Å². The first-order valence-electron chi connectivity index (χ1n) is 7.85. The number of morpholine rings is 1. The first-order chi connectivity index (χ1) is 10.8. The van der Waals surface area contributed by atoms with Gasteiger partial charge in [-0.3, -0.25) is 4.90 Å². The number of rotatable bonds is 4. The molecule has 2 unspecified atom stereocenters. The van der Waals surface area contributed by atoms with Crippen molar-refractivity contribution in [1.82, 2.24) is 4.90 Å². The minimum atomic E-state index is 0.0987. The Morgan fingerprint density at radius 3 is 2.41 bits per heavy atom. The molecule has 2 aromatic carbocycles. The lowest BCUT2D eigenvalue weighted by Gasteiger charge is -2.39. The quantitative estimate of drug-likeness (QED) is 0.941. The van der Waals surface area contributed by atoms with Crippen LogP contribution in [-0.2, 0) is 17.9 Å². The Morgan fingerprint density at radius 2 is 1.73 bits per heavy atom. The molecule has 0 aromatic heterocycles. The molecule has 0 aliphatic carbocycles. The Balaban J connectivity index is 1.77. The number of nitrogens with zero attached hydrogens (tertiary/aromatic N) is 1. The van der Waals surface area contributed by atoms with Gasteiger partial charge in [-0.1, -0.05) is 54.6 Å². The van der Waals surface area contributed by atoms with Crippen molar-refractivity contribution in [2.45, 2.75) is 32.2 Å². The van der Waals surface area contributed by atoms with Crippen molar-refractivity contribution < 1.29 is 9.84 Å². The van der Waals surface area contributed by atoms with Crippen LogP contribution in [0.15, 0.2) is 54.6 Å². The maximum absolute atomic E-state index is 9.15. The maximum atomic E-state index is 9.15. The standard InChI is InChI=1S/C19H23NO2/c1-15-11-20(12-16-7-9-17(13-21)10-8-16)19(14-22-15)18-5-3-2-4-6-18/h2-10,15,19,21H,11-14H2,1H3. The van der Waals surface area contributed by atoms with E-state index in [9.17, 15) is 0 Å². The molecule has 2 aromatic rings. The minimum Gasteiger partial charge on any atom is -0.392 e. The van der Waals surface area contributed by atoms with E-state index in [1.807, 2.05) is 18.2 Å². The van der Waals surface area contributed by atoms with Crippen LogP contribution in [0.5, 0.6) is 0 Å². The fraction of sp³-hybridized carbons (Fsp3) is 0.368. The molecule has 3 nitrogen and oxygen atoms in total. The van der Waals surface area contributed by atoms with Crippen molar-refractivity contribution in [3.05, 3.63) is 71.3 Å². The Morgan fingerprint density at radius 1 is 1.05 bits per heavy atom. The SMILES string of the molecule is CC1CN(Cc2ccc(CO)cc2)C(c2ccccc2)CO1. The zero-order valence-electron chi connectivity index (χ0n) is 13.0. The normalized spacial score (nSPS) is 22.6. The van der Waals surface area contributed by atoms with E-state index < -0.39 is 0 Å². The number of aliphatic hydroxyl groups excluding tert-OH is 1. The van der Waals surface area contributed by atoms with E-state index in [1.165, 1.54) is 11.1 Å². The second-order valence-corrected chi connectivity index (χ2v) is 5.97. The highest BCUT2D eigenvalue weighted by Gasteiger charge is 2.27. The molecule has 1 saturated heterocycles. The van der Waals surface area contributed by atoms with Gasteiger partial charge in [0.2, 0.25) is 0 Å². The number of hydrogen-bond donors (Lipinski definition) is 1. The van der Waals surface area contributed by atoms with Gasteiger partial charge in [-0.15, -0.1) is 0 Å². The van der Waals surface area contributed by atoms with Crippen LogP contribution in [-0.4, -0.2) is 29.3 Å². The fourth-order valence-electron chi connectivity index (χ4n) is 3.01. The summed E-state index contributed by atoms with van der Waals surface area (Å²) in [4.78, 5) is 2.48. The molecule has 0 bridgehead atoms. The van der Waals surface area contributed by atoms with Crippen LogP contribution in [0.1, 0.15) is 29.7 Å². The lowest BCUT2D eigenvalue weighted by Crippen LogP contribution is -2.43. The van der Waals surface area contributed by atoms with Gasteiger partial charge in [0, 0.05) is 13.1 Å². The van der Waals surface area contributed by atoms with Crippen molar-refractivity contribution in [3.8, 4) is 0 Å². The van der Waals surface area contributed by atoms with Crippen LogP contribution in [0.25, 0.3) is 0 Å². The van der Waals surface area contributed by atoms with Crippen LogP contribution in [0.2, 0.25) is 0 Å². The second-order valence-electron chi connectivity index (χ2n) is 5.97. The number of aliphatic hydroxyl groups is 1. The zero-order valence-corrected chi connectivity index (χ0v) is 13.0. The number of benzene rings is 2. The van der Waals surface area contributed by atoms with E-state index in [0.29, 0.717) is 6.04 Å². The summed E-state index contributed by atoms with van der Waals surface area (Å²) in [5, 5.41) is 9.15. The topological polar surface area (TPSA) is 32.7 Å². The number of ether oxygens (including phenoxy) is 1. The summed E-state index contributed by atoms with van der Waals surface area (Å²) < 4.78 is 5.87. The van der Waals surface area contributed by atoms with E-state index in [4.69, 9.17) is 9.84 Å². The summed E-state index contributed by atoms with van der Waals surface area (Å²) in [6, 6.07) is 19.1. The van der Waals surface area contributed by atoms with Crippen LogP contribution in [0.4, 0.5) is 0 Å². The van der Waals surface area contributed by atoms with Crippen molar-refractivity contribution in [2.75, 3.05) is 13.2 Å². The van der Waals surface area contributed by atoms with Crippen LogP contribution in [0.3, 0.4) is 0 Å². The van der Waals surface area contributed by atoms with Gasteiger partial charge >= 0.3 is 0 Å². The summed E-state index contributed by atoms with van der Waals surface area (Å²) in [7, 11) is 0. The van der Waals surface area contributed by atoms with Gasteiger partial charge in [-0.25, -0.2) is 0 Å². The summed E-state index contributed by atoms with van der Waals surface area (Å²) >= 11 is 0. The lowest BCUT2D eigenvalue weighted by molar-refractivity contribution is -0.0597. The van der Waals surface area contributed by atoms with Gasteiger partial charge in [0.15, 0.2) is 0 Å². The Kier molecular flexibility index (Phi) is 4.88. The van der Waals surface area contributed by atoms with Gasteiger partial charge in [0.05, 0.1) is 25.4 Å². The third-order valence-corrected chi connectivity index (χ3v) is 4.25. The first-order valence-corrected chi connectivity index (χ1v) is 7.85. The maximum Gasteiger partial charge on any atom is 0.0681 e. The zero-order chi connectivity index (χ0) is 15.4. The average Bonchev–Trinajstić information content (AvgIpc) is 2.56. The lowest BCUT2D eigenvalue weighted by atomic mass is 10.0. The van der Waals surface area contributed by atoms with Gasteiger partial charge in [0.25, 0.3) is 0 Å². The van der Waals surface area contributed by atoms with E-state index in [-0.39, 0.29) is 12.7 Å². The van der Waals surface area contributed by atoms with Crippen molar-refractivity contribution in [2.24, 2.45) is 0 Å². The Bertz CT molecular complexity index is 582. The van der Waals surface area contributed by atoms with Crippen LogP contribution >= 0.6 is 0 Å². The molecule has 0 amide bonds. The van der Waals surface area contributed by atoms with E-state index in [2.05, 4.69) is 48.2 Å². The molecule has 3 heteroatoms. The predicted octanol–water partition coefficient (Wildman–Crippen LogP) is 3.14. The summed E-state index contributed by atoms with van der Waals surface area (Å²) in [6.07, 6.45) is 0.261. The van der Waals surface area contributed by atoms with Crippen molar-refractivity contribution in [3.63, 3.8) is 0 Å². The number of hydrogen-bond acceptors (Lipinski definition) is 3. The largest absolute Gasteiger partial charge is 0.392 e. The highest BCUT2D eigenvalue weighted by atomic mass is 16.5. The van der Waals surface area contributed by atoms with Crippen LogP contribution < -0.4 is 0 Å². The molecule has 1 aliphatic heterocycles. The van der Waals surface area contributed by atoms with Crippen molar-refractivity contribution >= 4 is 0 Å². The molecule has 0 radical (unpaired) electrons. The highest BCUT2D eigenvalue weighted by molar-refractivity contribution is 5.24. The van der Waals surface area contributed by atoms with Crippen LogP contribution in [0, 0.1) is 0 Å². The Hall–Kier alpha value is -1.68. The molecule has 2 atom stereocenters. The molecule has 116 valence electrons. The molecule has 1 fully saturated rings. The molecule has 22 heavy (non-hydrogen) atoms. The third kappa shape index (κ3) is 3.55. The smallest absolute Gasteiger partial charge is 0.0681 e. The minimum absolute atomic E-state index is 0.0987. The highest BCUT2D eigenvalue weighted by Crippen LogP contribution is 2.27. The van der Waals surface area contributed by atoms with Gasteiger partial charge in [-0.2, -0.15) is 0 Å². The van der Waals surface area contributed by atoms with Crippen molar-refractivity contribution in [1.29, 1.82) is 0 Å². The summed E-state index contributed by atoms with van der Waals surface area (Å²) in [5.74, 6) is 0. The average molecular weight is 297 g/mol. The molecule has 1 aliphatic rings. The molecule has 3 rings (SSSR count). The molecular formula is C19H23NO2. The van der Waals surface area contributed by atoms with Gasteiger partial charge < -0.3 is 9.84 Å². The predicted molar refractivity (Wildman–Crippen MR) is 87.4 cm³/mol. The van der Waals surface area contributed by atoms with Gasteiger partial charge in [0.1, 0.15) is 0 Å². The fourth-order valence-corrected chi connectivity index (χ4v) is 3.01. The second kappa shape index (κ2) is 7.05.